The van der Waals surface area contributed by atoms with Crippen LogP contribution in [0.4, 0.5) is 9.59 Å². The van der Waals surface area contributed by atoms with Crippen molar-refractivity contribution in [3.63, 3.8) is 0 Å². The maximum Gasteiger partial charge on any atom is 0.408 e. The molecule has 2 amide bonds. The molecule has 0 aromatic heterocycles. The van der Waals surface area contributed by atoms with Crippen molar-refractivity contribution in [1.29, 1.82) is 0 Å². The number of aliphatic hydroxyl groups excluding tert-OH is 1. The van der Waals surface area contributed by atoms with E-state index in [0.29, 0.717) is 5.04 Å². The number of alkyl halides is 1. The predicted molar refractivity (Wildman–Crippen MR) is 213 cm³/mol. The smallest absolute Gasteiger partial charge is 0.408 e. The Bertz CT molecular complexity index is 1010. The number of alkyl carbamates (subject to hydrolysis) is 2. The zero-order valence-corrected chi connectivity index (χ0v) is 37.7. The SMILES string of the molecule is C.CC(C)(C)[Si](C)(C)CI.COC(=O)[C@H](NC(=O)OC(C)(C)C)[C@@H](C)O.COC(=O)[C@H](NC(=O)OC(C)(C)C)[C@@H](C)O[Si](C)(C)C(C)(C)C. The quantitative estimate of drug-likeness (QED) is 0.0683. The minimum absolute atomic E-state index is 0. The molecule has 0 heterocycles. The molecule has 12 nitrogen and oxygen atoms in total. The molecule has 0 radical (unpaired) electrons. The lowest BCUT2D eigenvalue weighted by Gasteiger charge is -2.39. The van der Waals surface area contributed by atoms with Gasteiger partial charge in [0, 0.05) is 0 Å². The molecule has 0 spiro atoms. The Kier molecular flexibility index (Phi) is 24.2. The molecular weight excluding hydrogens is 779 g/mol. The van der Waals surface area contributed by atoms with Crippen molar-refractivity contribution in [3.05, 3.63) is 0 Å². The monoisotopic (exact) mass is 852 g/mol. The van der Waals surface area contributed by atoms with Gasteiger partial charge in [-0.3, -0.25) is 0 Å². The third kappa shape index (κ3) is 23.6. The summed E-state index contributed by atoms with van der Waals surface area (Å²) in [7, 11) is -0.521. The highest BCUT2D eigenvalue weighted by atomic mass is 127. The van der Waals surface area contributed by atoms with Gasteiger partial charge in [0.2, 0.25) is 0 Å². The van der Waals surface area contributed by atoms with Crippen molar-refractivity contribution >= 4 is 63.1 Å². The molecule has 0 rings (SSSR count). The van der Waals surface area contributed by atoms with Crippen LogP contribution in [0.2, 0.25) is 36.3 Å². The summed E-state index contributed by atoms with van der Waals surface area (Å²) >= 11 is 2.52. The molecule has 0 aromatic rings. The predicted octanol–water partition coefficient (Wildman–Crippen LogP) is 8.00. The van der Waals surface area contributed by atoms with Crippen LogP contribution < -0.4 is 10.6 Å². The number of aliphatic hydroxyl groups is 1. The van der Waals surface area contributed by atoms with Gasteiger partial charge in [-0.15, -0.1) is 0 Å². The summed E-state index contributed by atoms with van der Waals surface area (Å²) in [6.45, 7) is 36.0. The molecule has 0 aliphatic carbocycles. The van der Waals surface area contributed by atoms with Gasteiger partial charge in [0.1, 0.15) is 11.2 Å². The van der Waals surface area contributed by atoms with Gasteiger partial charge in [0.15, 0.2) is 20.4 Å². The van der Waals surface area contributed by atoms with Crippen LogP contribution in [-0.4, -0.2) is 99.4 Å². The fourth-order valence-corrected chi connectivity index (χ4v) is 8.03. The number of nitrogens with one attached hydrogen (secondary N) is 2. The van der Waals surface area contributed by atoms with Crippen molar-refractivity contribution in [2.45, 2.75) is 176 Å². The Hall–Kier alpha value is -1.44. The molecule has 0 aliphatic heterocycles. The summed E-state index contributed by atoms with van der Waals surface area (Å²) in [6, 6.07) is -2.04. The number of hydrogen-bond acceptors (Lipinski definition) is 10. The molecule has 0 saturated carbocycles. The van der Waals surface area contributed by atoms with Crippen LogP contribution >= 0.6 is 22.6 Å². The van der Waals surface area contributed by atoms with E-state index in [4.69, 9.17) is 18.6 Å². The summed E-state index contributed by atoms with van der Waals surface area (Å²) < 4.78 is 26.9. The van der Waals surface area contributed by atoms with Gasteiger partial charge in [-0.2, -0.15) is 0 Å². The van der Waals surface area contributed by atoms with E-state index in [2.05, 4.69) is 106 Å². The van der Waals surface area contributed by atoms with Crippen LogP contribution in [0.25, 0.3) is 0 Å². The summed E-state index contributed by atoms with van der Waals surface area (Å²) in [4.78, 5) is 46.5. The Morgan fingerprint density at radius 2 is 1.00 bits per heavy atom. The lowest BCUT2D eigenvalue weighted by atomic mass is 10.2. The number of carbonyl (C=O) groups is 4. The number of methoxy groups -OCH3 is 2. The molecule has 3 N–H and O–H groups in total. The van der Waals surface area contributed by atoms with Crippen LogP contribution in [-0.2, 0) is 33.0 Å². The summed E-state index contributed by atoms with van der Waals surface area (Å²) in [6.07, 6.45) is -3.02. The van der Waals surface area contributed by atoms with Crippen molar-refractivity contribution in [1.82, 2.24) is 10.6 Å². The molecule has 15 heteroatoms. The first kappa shape index (κ1) is 54.3. The maximum atomic E-state index is 12.0. The standard InChI is InChI=1S/C16H33NO5Si.C10H19NO5.C7H17ISi.CH4/c1-11(22-23(9,10)16(5,6)7)12(13(18)20-8)17-14(19)21-15(2,3)4;1-6(12)7(8(13)15-5)11-9(14)16-10(2,3)4;1-7(2,3)9(4,5)6-8;/h11-12H,1-10H3,(H,17,19);6-7,12H,1-5H3,(H,11,14);6H2,1-5H3;1H4/t11-,12-;6-,7-;;/m11../s1. The number of esters is 2. The van der Waals surface area contributed by atoms with Crippen molar-refractivity contribution in [2.75, 3.05) is 18.3 Å². The van der Waals surface area contributed by atoms with Gasteiger partial charge in [-0.05, 0) is 82.6 Å². The first-order chi connectivity index (χ1) is 21.1. The van der Waals surface area contributed by atoms with Crippen molar-refractivity contribution in [2.24, 2.45) is 0 Å². The second-order valence-electron chi connectivity index (χ2n) is 16.9. The van der Waals surface area contributed by atoms with Gasteiger partial charge in [0.05, 0.1) is 34.5 Å². The normalized spacial score (nSPS) is 14.7. The minimum atomic E-state index is -2.09. The first-order valence-electron chi connectivity index (χ1n) is 16.2. The Morgan fingerprint density at radius 3 is 1.22 bits per heavy atom. The zero-order chi connectivity index (χ0) is 39.3. The fourth-order valence-electron chi connectivity index (χ4n) is 2.78. The fraction of sp³-hybridized carbons (Fsp3) is 0.882. The van der Waals surface area contributed by atoms with E-state index in [1.54, 1.807) is 48.5 Å². The third-order valence-corrected chi connectivity index (χ3v) is 22.9. The van der Waals surface area contributed by atoms with E-state index in [0.717, 1.165) is 0 Å². The lowest BCUT2D eigenvalue weighted by Crippen LogP contribution is -2.54. The number of ether oxygens (including phenoxy) is 4. The van der Waals surface area contributed by atoms with E-state index in [1.807, 2.05) is 0 Å². The molecule has 294 valence electrons. The van der Waals surface area contributed by atoms with Crippen LogP contribution in [0.3, 0.4) is 0 Å². The average Bonchev–Trinajstić information content (AvgIpc) is 2.86. The first-order valence-corrected chi connectivity index (χ1v) is 23.8. The lowest BCUT2D eigenvalue weighted by molar-refractivity contribution is -0.146. The maximum absolute atomic E-state index is 12.0. The summed E-state index contributed by atoms with van der Waals surface area (Å²) in [5.41, 5.74) is -1.31. The van der Waals surface area contributed by atoms with Crippen LogP contribution in [0.1, 0.15) is 104 Å². The van der Waals surface area contributed by atoms with Gasteiger partial charge in [-0.1, -0.05) is 84.7 Å². The van der Waals surface area contributed by atoms with Gasteiger partial charge in [0.25, 0.3) is 0 Å². The molecule has 0 aliphatic rings. The molecule has 0 bridgehead atoms. The summed E-state index contributed by atoms with van der Waals surface area (Å²) in [5, 5.41) is 14.7. The van der Waals surface area contributed by atoms with E-state index in [9.17, 15) is 24.3 Å². The Labute approximate surface area is 314 Å². The molecule has 0 unspecified atom stereocenters. The van der Waals surface area contributed by atoms with E-state index in [1.165, 1.54) is 25.2 Å². The van der Waals surface area contributed by atoms with Crippen molar-refractivity contribution in [3.8, 4) is 0 Å². The zero-order valence-electron chi connectivity index (χ0n) is 33.5. The topological polar surface area (TPSA) is 159 Å². The number of halogens is 1. The van der Waals surface area contributed by atoms with E-state index < -0.39 is 76.0 Å². The minimum Gasteiger partial charge on any atom is -0.467 e. The Morgan fingerprint density at radius 1 is 0.673 bits per heavy atom. The summed E-state index contributed by atoms with van der Waals surface area (Å²) in [5.74, 6) is -1.28. The highest BCUT2D eigenvalue weighted by Gasteiger charge is 2.42. The third-order valence-electron chi connectivity index (χ3n) is 7.86. The second-order valence-corrected chi connectivity index (χ2v) is 29.5. The molecule has 0 fully saturated rings. The molecule has 49 heavy (non-hydrogen) atoms. The van der Waals surface area contributed by atoms with Gasteiger partial charge < -0.3 is 39.1 Å². The largest absolute Gasteiger partial charge is 0.467 e. The highest BCUT2D eigenvalue weighted by molar-refractivity contribution is 14.1. The number of hydrogen-bond donors (Lipinski definition) is 3. The molecule has 0 saturated heterocycles. The van der Waals surface area contributed by atoms with E-state index in [-0.39, 0.29) is 12.5 Å². The number of carbonyl (C=O) groups excluding carboxylic acids is 4. The average molecular weight is 853 g/mol. The number of amides is 2. The second kappa shape index (κ2) is 21.8. The highest BCUT2D eigenvalue weighted by Crippen LogP contribution is 2.38. The molecule has 4 atom stereocenters. The van der Waals surface area contributed by atoms with Crippen LogP contribution in [0, 0.1) is 0 Å². The van der Waals surface area contributed by atoms with Crippen molar-refractivity contribution < 1.29 is 47.7 Å². The molecule has 0 aromatic carbocycles. The van der Waals surface area contributed by atoms with Gasteiger partial charge >= 0.3 is 24.1 Å². The van der Waals surface area contributed by atoms with Gasteiger partial charge in [-0.25, -0.2) is 19.2 Å². The van der Waals surface area contributed by atoms with Crippen LogP contribution in [0.5, 0.6) is 0 Å². The Balaban J connectivity index is -0.000000338. The van der Waals surface area contributed by atoms with E-state index >= 15 is 0 Å². The number of rotatable bonds is 9. The molecular formula is C34H73IN2O10Si2. The van der Waals surface area contributed by atoms with Crippen LogP contribution in [0.15, 0.2) is 0 Å².